The second kappa shape index (κ2) is 5.53. The molecule has 0 amide bonds. The Bertz CT molecular complexity index is 401. The molecule has 5 heteroatoms. The van der Waals surface area contributed by atoms with E-state index in [0.29, 0.717) is 23.8 Å². The lowest BCUT2D eigenvalue weighted by molar-refractivity contribution is 0.0424. The lowest BCUT2D eigenvalue weighted by atomic mass is 10.1. The highest BCUT2D eigenvalue weighted by Gasteiger charge is 2.17. The van der Waals surface area contributed by atoms with Crippen LogP contribution in [0.15, 0.2) is 18.3 Å². The maximum atomic E-state index is 9.74. The van der Waals surface area contributed by atoms with Gasteiger partial charge in [-0.3, -0.25) is 9.88 Å². The molecule has 1 heterocycles. The zero-order chi connectivity index (χ0) is 13.1. The molecule has 0 atom stereocenters. The SMILES string of the molecule is CN(Cc1cccnc1C(N)=S)CC(C)(C)O. The van der Waals surface area contributed by atoms with Crippen LogP contribution in [-0.2, 0) is 6.54 Å². The average molecular weight is 253 g/mol. The van der Waals surface area contributed by atoms with Gasteiger partial charge in [0, 0.05) is 19.3 Å². The van der Waals surface area contributed by atoms with E-state index in [2.05, 4.69) is 4.98 Å². The third-order valence-corrected chi connectivity index (χ3v) is 2.42. The standard InChI is InChI=1S/C12H19N3OS/c1-12(2,16)8-15(3)7-9-5-4-6-14-10(9)11(13)17/h4-6,16H,7-8H2,1-3H3,(H2,13,17). The Labute approximate surface area is 107 Å². The third-order valence-electron chi connectivity index (χ3n) is 2.22. The molecule has 3 N–H and O–H groups in total. The van der Waals surface area contributed by atoms with E-state index in [0.717, 1.165) is 5.56 Å². The molecule has 0 fully saturated rings. The van der Waals surface area contributed by atoms with Crippen molar-refractivity contribution >= 4 is 17.2 Å². The van der Waals surface area contributed by atoms with Crippen LogP contribution >= 0.6 is 12.2 Å². The van der Waals surface area contributed by atoms with Crippen LogP contribution in [0.2, 0.25) is 0 Å². The molecule has 0 bridgehead atoms. The van der Waals surface area contributed by atoms with Gasteiger partial charge in [0.25, 0.3) is 0 Å². The van der Waals surface area contributed by atoms with Crippen molar-refractivity contribution in [1.29, 1.82) is 0 Å². The van der Waals surface area contributed by atoms with Crippen molar-refractivity contribution in [1.82, 2.24) is 9.88 Å². The van der Waals surface area contributed by atoms with E-state index in [-0.39, 0.29) is 0 Å². The fourth-order valence-corrected chi connectivity index (χ4v) is 1.98. The molecule has 0 spiro atoms. The lowest BCUT2D eigenvalue weighted by Crippen LogP contribution is -2.36. The molecular weight excluding hydrogens is 234 g/mol. The molecule has 1 aromatic rings. The Kier molecular flexibility index (Phi) is 4.56. The summed E-state index contributed by atoms with van der Waals surface area (Å²) in [6.45, 7) is 4.78. The fraction of sp³-hybridized carbons (Fsp3) is 0.500. The summed E-state index contributed by atoms with van der Waals surface area (Å²) in [5.41, 5.74) is 6.53. The molecule has 0 saturated carbocycles. The molecular formula is C12H19N3OS. The van der Waals surface area contributed by atoms with Crippen LogP contribution in [0.25, 0.3) is 0 Å². The van der Waals surface area contributed by atoms with Gasteiger partial charge in [0.05, 0.1) is 5.60 Å². The summed E-state index contributed by atoms with van der Waals surface area (Å²) in [5.74, 6) is 0. The molecule has 0 aliphatic heterocycles. The van der Waals surface area contributed by atoms with Gasteiger partial charge in [0.2, 0.25) is 0 Å². The highest BCUT2D eigenvalue weighted by Crippen LogP contribution is 2.11. The number of thiocarbonyl (C=S) groups is 1. The molecule has 0 saturated heterocycles. The summed E-state index contributed by atoms with van der Waals surface area (Å²) in [5, 5.41) is 9.74. The third kappa shape index (κ3) is 4.77. The summed E-state index contributed by atoms with van der Waals surface area (Å²) in [6.07, 6.45) is 1.67. The minimum atomic E-state index is -0.722. The largest absolute Gasteiger partial charge is 0.389 e. The van der Waals surface area contributed by atoms with Gasteiger partial charge in [-0.15, -0.1) is 0 Å². The van der Waals surface area contributed by atoms with Crippen LogP contribution in [0.1, 0.15) is 25.1 Å². The number of aromatic nitrogens is 1. The summed E-state index contributed by atoms with van der Waals surface area (Å²) >= 11 is 4.96. The molecule has 1 rings (SSSR count). The van der Waals surface area contributed by atoms with Gasteiger partial charge in [0.15, 0.2) is 0 Å². The van der Waals surface area contributed by atoms with E-state index in [1.807, 2.05) is 24.1 Å². The van der Waals surface area contributed by atoms with Crippen LogP contribution in [0.3, 0.4) is 0 Å². The molecule has 0 aliphatic rings. The van der Waals surface area contributed by atoms with E-state index in [1.165, 1.54) is 0 Å². The zero-order valence-electron chi connectivity index (χ0n) is 10.5. The number of aliphatic hydroxyl groups is 1. The van der Waals surface area contributed by atoms with Crippen LogP contribution in [-0.4, -0.2) is 39.2 Å². The van der Waals surface area contributed by atoms with Gasteiger partial charge in [-0.05, 0) is 32.5 Å². The first kappa shape index (κ1) is 14.0. The van der Waals surface area contributed by atoms with Crippen molar-refractivity contribution in [2.75, 3.05) is 13.6 Å². The number of nitrogens with two attached hydrogens (primary N) is 1. The summed E-state index contributed by atoms with van der Waals surface area (Å²) in [6, 6.07) is 3.80. The molecule has 1 aromatic heterocycles. The first-order valence-corrected chi connectivity index (χ1v) is 5.85. The molecule has 0 aliphatic carbocycles. The predicted molar refractivity (Wildman–Crippen MR) is 72.8 cm³/mol. The molecule has 17 heavy (non-hydrogen) atoms. The number of pyridine rings is 1. The Balaban J connectivity index is 2.78. The molecule has 94 valence electrons. The van der Waals surface area contributed by atoms with Gasteiger partial charge >= 0.3 is 0 Å². The van der Waals surface area contributed by atoms with E-state index in [1.54, 1.807) is 20.0 Å². The molecule has 0 aromatic carbocycles. The van der Waals surface area contributed by atoms with Crippen LogP contribution in [0, 0.1) is 0 Å². The normalized spacial score (nSPS) is 11.8. The molecule has 0 radical (unpaired) electrons. The van der Waals surface area contributed by atoms with Gasteiger partial charge in [-0.2, -0.15) is 0 Å². The van der Waals surface area contributed by atoms with Gasteiger partial charge < -0.3 is 10.8 Å². The van der Waals surface area contributed by atoms with Gasteiger partial charge in [0.1, 0.15) is 10.7 Å². The Morgan fingerprint density at radius 1 is 1.59 bits per heavy atom. The summed E-state index contributed by atoms with van der Waals surface area (Å²) in [4.78, 5) is 6.49. The van der Waals surface area contributed by atoms with Crippen molar-refractivity contribution < 1.29 is 5.11 Å². The van der Waals surface area contributed by atoms with Crippen molar-refractivity contribution in [3.8, 4) is 0 Å². The lowest BCUT2D eigenvalue weighted by Gasteiger charge is -2.25. The van der Waals surface area contributed by atoms with Crippen molar-refractivity contribution in [2.24, 2.45) is 5.73 Å². The van der Waals surface area contributed by atoms with Crippen molar-refractivity contribution in [3.63, 3.8) is 0 Å². The van der Waals surface area contributed by atoms with Crippen LogP contribution in [0.5, 0.6) is 0 Å². The monoisotopic (exact) mass is 253 g/mol. The maximum Gasteiger partial charge on any atom is 0.123 e. The first-order chi connectivity index (χ1) is 7.79. The Morgan fingerprint density at radius 3 is 2.76 bits per heavy atom. The summed E-state index contributed by atoms with van der Waals surface area (Å²) in [7, 11) is 1.94. The number of hydrogen-bond acceptors (Lipinski definition) is 4. The second-order valence-electron chi connectivity index (χ2n) is 4.86. The Hall–Kier alpha value is -1.04. The van der Waals surface area contributed by atoms with Gasteiger partial charge in [-0.25, -0.2) is 0 Å². The minimum Gasteiger partial charge on any atom is -0.389 e. The molecule has 4 nitrogen and oxygen atoms in total. The van der Waals surface area contributed by atoms with E-state index < -0.39 is 5.60 Å². The molecule has 0 unspecified atom stereocenters. The number of likely N-dealkylation sites (N-methyl/N-ethyl adjacent to an activating group) is 1. The van der Waals surface area contributed by atoms with Gasteiger partial charge in [-0.1, -0.05) is 18.3 Å². The highest BCUT2D eigenvalue weighted by atomic mass is 32.1. The predicted octanol–water partition coefficient (Wildman–Crippen LogP) is 0.919. The van der Waals surface area contributed by atoms with Crippen molar-refractivity contribution in [2.45, 2.75) is 26.0 Å². The minimum absolute atomic E-state index is 0.303. The van der Waals surface area contributed by atoms with E-state index in [4.69, 9.17) is 18.0 Å². The number of rotatable bonds is 5. The maximum absolute atomic E-state index is 9.74. The first-order valence-electron chi connectivity index (χ1n) is 5.44. The average Bonchev–Trinajstić information content (AvgIpc) is 2.14. The topological polar surface area (TPSA) is 62.4 Å². The number of nitrogens with zero attached hydrogens (tertiary/aromatic N) is 2. The van der Waals surface area contributed by atoms with E-state index >= 15 is 0 Å². The van der Waals surface area contributed by atoms with E-state index in [9.17, 15) is 5.11 Å². The smallest absolute Gasteiger partial charge is 0.123 e. The highest BCUT2D eigenvalue weighted by molar-refractivity contribution is 7.80. The fourth-order valence-electron chi connectivity index (χ4n) is 1.80. The van der Waals surface area contributed by atoms with Crippen molar-refractivity contribution in [3.05, 3.63) is 29.6 Å². The van der Waals surface area contributed by atoms with Crippen LogP contribution in [0.4, 0.5) is 0 Å². The summed E-state index contributed by atoms with van der Waals surface area (Å²) < 4.78 is 0. The van der Waals surface area contributed by atoms with Crippen LogP contribution < -0.4 is 5.73 Å². The number of hydrogen-bond donors (Lipinski definition) is 2. The quantitative estimate of drug-likeness (QED) is 0.764. The Morgan fingerprint density at radius 2 is 2.24 bits per heavy atom. The zero-order valence-corrected chi connectivity index (χ0v) is 11.3. The second-order valence-corrected chi connectivity index (χ2v) is 5.30.